The van der Waals surface area contributed by atoms with Gasteiger partial charge < -0.3 is 24.8 Å². The number of rotatable bonds is 7. The van der Waals surface area contributed by atoms with Crippen LogP contribution in [0.5, 0.6) is 17.4 Å². The van der Waals surface area contributed by atoms with Gasteiger partial charge in [-0.1, -0.05) is 12.1 Å². The molecular formula is C22H29IN4O3. The number of aliphatic imine (C=N–C) groups is 1. The third-order valence-electron chi connectivity index (χ3n) is 5.24. The minimum Gasteiger partial charge on any atom is -0.474 e. The van der Waals surface area contributed by atoms with Crippen molar-refractivity contribution in [3.63, 3.8) is 0 Å². The summed E-state index contributed by atoms with van der Waals surface area (Å²) in [6.07, 6.45) is 7.66. The summed E-state index contributed by atoms with van der Waals surface area (Å²) < 4.78 is 16.9. The Balaban J connectivity index is 0.00000256. The third kappa shape index (κ3) is 5.90. The normalized spacial score (nSPS) is 15.6. The van der Waals surface area contributed by atoms with Crippen LogP contribution >= 0.6 is 24.0 Å². The predicted octanol–water partition coefficient (Wildman–Crippen LogP) is 3.66. The molecule has 162 valence electrons. The van der Waals surface area contributed by atoms with Gasteiger partial charge in [-0.2, -0.15) is 0 Å². The first-order chi connectivity index (χ1) is 14.3. The predicted molar refractivity (Wildman–Crippen MR) is 127 cm³/mol. The Morgan fingerprint density at radius 3 is 2.83 bits per heavy atom. The zero-order chi connectivity index (χ0) is 19.9. The summed E-state index contributed by atoms with van der Waals surface area (Å²) in [5, 5.41) is 6.71. The van der Waals surface area contributed by atoms with Crippen molar-refractivity contribution in [2.24, 2.45) is 4.99 Å². The van der Waals surface area contributed by atoms with Gasteiger partial charge in [-0.15, -0.1) is 24.0 Å². The Hall–Kier alpha value is -2.23. The number of pyridine rings is 1. The number of hydrogen-bond acceptors (Lipinski definition) is 5. The van der Waals surface area contributed by atoms with Gasteiger partial charge in [0.15, 0.2) is 17.5 Å². The van der Waals surface area contributed by atoms with Gasteiger partial charge in [0.2, 0.25) is 12.7 Å². The lowest BCUT2D eigenvalue weighted by Crippen LogP contribution is -2.38. The summed E-state index contributed by atoms with van der Waals surface area (Å²) in [6.45, 7) is 1.67. The highest BCUT2D eigenvalue weighted by Gasteiger charge is 2.18. The first kappa shape index (κ1) is 22.5. The first-order valence-electron chi connectivity index (χ1n) is 10.3. The van der Waals surface area contributed by atoms with Gasteiger partial charge in [0.25, 0.3) is 0 Å². The van der Waals surface area contributed by atoms with Crippen LogP contribution in [-0.2, 0) is 13.0 Å². The molecule has 1 aliphatic carbocycles. The van der Waals surface area contributed by atoms with E-state index in [2.05, 4.69) is 26.7 Å². The van der Waals surface area contributed by atoms with Crippen molar-refractivity contribution >= 4 is 29.9 Å². The lowest BCUT2D eigenvalue weighted by atomic mass is 10.1. The van der Waals surface area contributed by atoms with Gasteiger partial charge in [0.1, 0.15) is 6.10 Å². The molecule has 8 heteroatoms. The van der Waals surface area contributed by atoms with Crippen LogP contribution in [0.1, 0.15) is 36.8 Å². The molecule has 1 aromatic carbocycles. The van der Waals surface area contributed by atoms with Crippen LogP contribution in [0.4, 0.5) is 0 Å². The number of nitrogens with zero attached hydrogens (tertiary/aromatic N) is 2. The van der Waals surface area contributed by atoms with Crippen LogP contribution in [0.15, 0.2) is 41.5 Å². The maximum absolute atomic E-state index is 6.11. The Morgan fingerprint density at radius 2 is 2.00 bits per heavy atom. The lowest BCUT2D eigenvalue weighted by molar-refractivity contribution is 0.174. The van der Waals surface area contributed by atoms with Crippen molar-refractivity contribution in [3.05, 3.63) is 47.7 Å². The number of fused-ring (bicyclic) bond motifs is 1. The molecule has 7 nitrogen and oxygen atoms in total. The minimum absolute atomic E-state index is 0. The molecule has 1 saturated carbocycles. The van der Waals surface area contributed by atoms with Crippen molar-refractivity contribution in [3.8, 4) is 17.4 Å². The number of hydrogen-bond donors (Lipinski definition) is 2. The van der Waals surface area contributed by atoms with E-state index in [0.717, 1.165) is 54.7 Å². The molecule has 0 atom stereocenters. The van der Waals surface area contributed by atoms with E-state index in [1.54, 1.807) is 13.2 Å². The Kier molecular flexibility index (Phi) is 8.41. The van der Waals surface area contributed by atoms with Crippen LogP contribution in [0.2, 0.25) is 0 Å². The third-order valence-corrected chi connectivity index (χ3v) is 5.24. The molecule has 0 saturated heterocycles. The Morgan fingerprint density at radius 1 is 1.17 bits per heavy atom. The quantitative estimate of drug-likeness (QED) is 0.327. The molecule has 0 unspecified atom stereocenters. The molecule has 1 aliphatic heterocycles. The van der Waals surface area contributed by atoms with E-state index in [1.807, 2.05) is 24.3 Å². The highest BCUT2D eigenvalue weighted by Crippen LogP contribution is 2.32. The molecule has 30 heavy (non-hydrogen) atoms. The summed E-state index contributed by atoms with van der Waals surface area (Å²) in [4.78, 5) is 8.75. The molecule has 0 bridgehead atoms. The van der Waals surface area contributed by atoms with Crippen molar-refractivity contribution in [2.45, 2.75) is 44.8 Å². The van der Waals surface area contributed by atoms with E-state index in [0.29, 0.717) is 19.4 Å². The number of halogens is 1. The maximum atomic E-state index is 6.11. The molecule has 0 radical (unpaired) electrons. The van der Waals surface area contributed by atoms with Crippen molar-refractivity contribution in [1.29, 1.82) is 0 Å². The van der Waals surface area contributed by atoms with E-state index in [1.165, 1.54) is 18.4 Å². The molecule has 1 fully saturated rings. The van der Waals surface area contributed by atoms with Crippen molar-refractivity contribution in [1.82, 2.24) is 15.6 Å². The largest absolute Gasteiger partial charge is 0.474 e. The minimum atomic E-state index is 0. The van der Waals surface area contributed by atoms with Crippen LogP contribution < -0.4 is 24.8 Å². The summed E-state index contributed by atoms with van der Waals surface area (Å²) in [5.74, 6) is 3.10. The van der Waals surface area contributed by atoms with E-state index >= 15 is 0 Å². The monoisotopic (exact) mass is 524 g/mol. The highest BCUT2D eigenvalue weighted by atomic mass is 127. The van der Waals surface area contributed by atoms with Gasteiger partial charge in [-0.3, -0.25) is 4.99 Å². The van der Waals surface area contributed by atoms with Gasteiger partial charge in [-0.25, -0.2) is 4.98 Å². The molecule has 0 spiro atoms. The number of nitrogens with one attached hydrogen (secondary N) is 2. The first-order valence-corrected chi connectivity index (χ1v) is 10.3. The zero-order valence-electron chi connectivity index (χ0n) is 17.2. The molecule has 1 aromatic heterocycles. The lowest BCUT2D eigenvalue weighted by Gasteiger charge is -2.17. The van der Waals surface area contributed by atoms with Gasteiger partial charge in [0, 0.05) is 31.9 Å². The Bertz CT molecular complexity index is 856. The smallest absolute Gasteiger partial charge is 0.231 e. The van der Waals surface area contributed by atoms with Gasteiger partial charge in [-0.05, 0) is 55.9 Å². The van der Waals surface area contributed by atoms with E-state index < -0.39 is 0 Å². The van der Waals surface area contributed by atoms with Crippen molar-refractivity contribution < 1.29 is 14.2 Å². The number of aromatic nitrogens is 1. The average molecular weight is 524 g/mol. The van der Waals surface area contributed by atoms with Gasteiger partial charge in [0.05, 0.1) is 0 Å². The van der Waals surface area contributed by atoms with E-state index in [4.69, 9.17) is 14.2 Å². The Labute approximate surface area is 194 Å². The summed E-state index contributed by atoms with van der Waals surface area (Å²) in [5.41, 5.74) is 2.23. The second-order valence-corrected chi connectivity index (χ2v) is 7.28. The second kappa shape index (κ2) is 11.2. The number of guanidine groups is 1. The second-order valence-electron chi connectivity index (χ2n) is 7.28. The number of benzene rings is 1. The topological polar surface area (TPSA) is 77.0 Å². The fourth-order valence-corrected chi connectivity index (χ4v) is 3.65. The van der Waals surface area contributed by atoms with Crippen LogP contribution in [0.25, 0.3) is 0 Å². The molecule has 2 aliphatic rings. The summed E-state index contributed by atoms with van der Waals surface area (Å²) >= 11 is 0. The SMILES string of the molecule is CN=C(NCCc1ccc2c(c1)OCO2)NCc1cccnc1OC1CCCC1.I. The van der Waals surface area contributed by atoms with Crippen LogP contribution in [0, 0.1) is 0 Å². The van der Waals surface area contributed by atoms with Crippen LogP contribution in [0.3, 0.4) is 0 Å². The molecule has 2 heterocycles. The molecule has 0 amide bonds. The number of ether oxygens (including phenoxy) is 3. The fraction of sp³-hybridized carbons (Fsp3) is 0.455. The molecule has 2 aromatic rings. The maximum Gasteiger partial charge on any atom is 0.231 e. The van der Waals surface area contributed by atoms with Crippen LogP contribution in [-0.4, -0.2) is 37.4 Å². The fourth-order valence-electron chi connectivity index (χ4n) is 3.65. The molecular weight excluding hydrogens is 495 g/mol. The summed E-state index contributed by atoms with van der Waals surface area (Å²) in [7, 11) is 1.77. The molecule has 2 N–H and O–H groups in total. The average Bonchev–Trinajstić information content (AvgIpc) is 3.43. The van der Waals surface area contributed by atoms with E-state index in [9.17, 15) is 0 Å². The van der Waals surface area contributed by atoms with Crippen molar-refractivity contribution in [2.75, 3.05) is 20.4 Å². The summed E-state index contributed by atoms with van der Waals surface area (Å²) in [6, 6.07) is 10.0. The van der Waals surface area contributed by atoms with Gasteiger partial charge >= 0.3 is 0 Å². The van der Waals surface area contributed by atoms with E-state index in [-0.39, 0.29) is 24.0 Å². The zero-order valence-corrected chi connectivity index (χ0v) is 19.6. The highest BCUT2D eigenvalue weighted by molar-refractivity contribution is 14.0. The standard InChI is InChI=1S/C22H28N4O3.HI/c1-23-22(25-12-10-16-8-9-19-20(13-16)28-15-27-19)26-14-17-5-4-11-24-21(17)29-18-6-2-3-7-18;/h4-5,8-9,11,13,18H,2-3,6-7,10,12,14-15H2,1H3,(H2,23,25,26);1H. The molecule has 4 rings (SSSR count).